The third-order valence-electron chi connectivity index (χ3n) is 16.8. The summed E-state index contributed by atoms with van der Waals surface area (Å²) < 4.78 is 26.3. The van der Waals surface area contributed by atoms with Gasteiger partial charge < -0.3 is 60.3 Å². The van der Waals surface area contributed by atoms with E-state index in [2.05, 4.69) is 45.4 Å². The zero-order valence-corrected chi connectivity index (χ0v) is 69.8. The Balaban J connectivity index is 0.000000222. The number of hydrogen-bond donors (Lipinski definition) is 8. The highest BCUT2D eigenvalue weighted by Gasteiger charge is 2.20. The molecular weight excluding hydrogens is 1550 g/mol. The Morgan fingerprint density at radius 1 is 0.351 bits per heavy atom. The molecule has 10 aromatic carbocycles. The predicted molar refractivity (Wildman–Crippen MR) is 456 cm³/mol. The first-order valence-corrected chi connectivity index (χ1v) is 38.3. The van der Waals surface area contributed by atoms with Crippen molar-refractivity contribution in [1.82, 2.24) is 26.7 Å². The molecule has 0 bridgehead atoms. The number of nitrogens with one attached hydrogen (secondary N) is 5. The smallest absolute Gasteiger partial charge is 0.274 e. The molecule has 0 heterocycles. The molecule has 0 aliphatic heterocycles. The fraction of sp³-hybridized carbons (Fsp3) is 0.278. The quantitative estimate of drug-likeness (QED) is 0.0212. The van der Waals surface area contributed by atoms with Crippen LogP contribution >= 0.6 is 58.0 Å². The van der Waals surface area contributed by atoms with Crippen LogP contribution in [0.15, 0.2) is 212 Å². The van der Waals surface area contributed by atoms with Crippen LogP contribution in [0.4, 0.5) is 0 Å². The van der Waals surface area contributed by atoms with Crippen LogP contribution in [0, 0.1) is 5.92 Å². The van der Waals surface area contributed by atoms with Crippen molar-refractivity contribution in [3.8, 4) is 55.6 Å². The Bertz CT molecular complexity index is 4720. The highest BCUT2D eigenvalue weighted by molar-refractivity contribution is 6.32. The van der Waals surface area contributed by atoms with E-state index in [1.165, 1.54) is 7.11 Å². The first-order chi connectivity index (χ1) is 54.5. The Morgan fingerprint density at radius 2 is 0.605 bits per heavy atom. The molecule has 0 spiro atoms. The molecule has 0 aliphatic carbocycles. The number of aliphatic hydroxyl groups is 3. The molecule has 0 aliphatic rings. The van der Waals surface area contributed by atoms with Crippen LogP contribution in [-0.2, 0) is 61.6 Å². The molecule has 0 saturated carbocycles. The Kier molecular flexibility index (Phi) is 39.5. The lowest BCUT2D eigenvalue weighted by Gasteiger charge is -2.21. The molecule has 2 unspecified atom stereocenters. The first-order valence-electron chi connectivity index (χ1n) is 36.4. The van der Waals surface area contributed by atoms with Gasteiger partial charge in [0.25, 0.3) is 29.5 Å². The second-order valence-electron chi connectivity index (χ2n) is 27.6. The summed E-state index contributed by atoms with van der Waals surface area (Å²) in [7, 11) is 9.52. The first kappa shape index (κ1) is 93.5. The van der Waals surface area contributed by atoms with Crippen LogP contribution in [0.3, 0.4) is 0 Å². The summed E-state index contributed by atoms with van der Waals surface area (Å²) in [6, 6.07) is 65.1. The van der Waals surface area contributed by atoms with Gasteiger partial charge in [-0.25, -0.2) is 5.48 Å². The number of halogens is 5. The predicted octanol–water partition coefficient (Wildman–Crippen LogP) is 18.2. The largest absolute Gasteiger partial charge is 0.394 e. The van der Waals surface area contributed by atoms with Crippen LogP contribution < -0.4 is 26.7 Å². The maximum absolute atomic E-state index is 12.3. The monoisotopic (exact) mass is 1650 g/mol. The van der Waals surface area contributed by atoms with Gasteiger partial charge in [-0.15, -0.1) is 0 Å². The van der Waals surface area contributed by atoms with Gasteiger partial charge in [0.05, 0.1) is 59.5 Å². The van der Waals surface area contributed by atoms with Gasteiger partial charge in [0, 0.05) is 113 Å². The van der Waals surface area contributed by atoms with E-state index in [9.17, 15) is 29.1 Å². The minimum Gasteiger partial charge on any atom is -0.394 e. The van der Waals surface area contributed by atoms with E-state index in [4.69, 9.17) is 91.9 Å². The zero-order chi connectivity index (χ0) is 83.4. The van der Waals surface area contributed by atoms with E-state index in [0.29, 0.717) is 98.4 Å². The van der Waals surface area contributed by atoms with E-state index in [1.807, 2.05) is 203 Å². The van der Waals surface area contributed by atoms with Crippen LogP contribution in [0.25, 0.3) is 55.6 Å². The van der Waals surface area contributed by atoms with Gasteiger partial charge in [0.15, 0.2) is 0 Å². The highest BCUT2D eigenvalue weighted by atomic mass is 35.5. The summed E-state index contributed by atoms with van der Waals surface area (Å²) in [5.41, 5.74) is 19.6. The van der Waals surface area contributed by atoms with E-state index >= 15 is 0 Å². The number of ether oxygens (including phenoxy) is 5. The molecule has 8 N–H and O–H groups in total. The summed E-state index contributed by atoms with van der Waals surface area (Å²) in [5, 5.41) is 41.8. The fourth-order valence-electron chi connectivity index (χ4n) is 11.3. The van der Waals surface area contributed by atoms with Crippen molar-refractivity contribution in [3.05, 3.63) is 293 Å². The van der Waals surface area contributed by atoms with Crippen molar-refractivity contribution in [2.24, 2.45) is 5.92 Å². The van der Waals surface area contributed by atoms with Gasteiger partial charge in [-0.05, 0) is 238 Å². The van der Waals surface area contributed by atoms with E-state index in [1.54, 1.807) is 72.8 Å². The summed E-state index contributed by atoms with van der Waals surface area (Å²) in [6.45, 7) is 14.0. The minimum atomic E-state index is -0.972. The summed E-state index contributed by atoms with van der Waals surface area (Å²) in [4.78, 5) is 65.3. The molecule has 19 nitrogen and oxygen atoms in total. The number of aliphatic hydroxyl groups excluding tert-OH is 3. The number of rotatable bonds is 28. The van der Waals surface area contributed by atoms with Crippen molar-refractivity contribution in [2.75, 3.05) is 69.0 Å². The summed E-state index contributed by atoms with van der Waals surface area (Å²) in [6.07, 6.45) is -0.972. The summed E-state index contributed by atoms with van der Waals surface area (Å²) >= 11 is 29.7. The molecule has 5 amide bonds. The van der Waals surface area contributed by atoms with Crippen molar-refractivity contribution in [3.63, 3.8) is 0 Å². The molecule has 604 valence electrons. The third-order valence-corrected chi connectivity index (χ3v) is 18.1. The van der Waals surface area contributed by atoms with Gasteiger partial charge >= 0.3 is 0 Å². The molecule has 10 rings (SSSR count). The maximum atomic E-state index is 12.3. The van der Waals surface area contributed by atoms with Crippen molar-refractivity contribution in [1.29, 1.82) is 0 Å². The van der Waals surface area contributed by atoms with Crippen LogP contribution in [0.5, 0.6) is 0 Å². The lowest BCUT2D eigenvalue weighted by atomic mass is 9.97. The number of methoxy groups -OCH3 is 5. The van der Waals surface area contributed by atoms with E-state index < -0.39 is 12.7 Å². The van der Waals surface area contributed by atoms with Crippen LogP contribution in [-0.4, -0.2) is 132 Å². The van der Waals surface area contributed by atoms with Crippen LogP contribution in [0.2, 0.25) is 25.1 Å². The van der Waals surface area contributed by atoms with E-state index in [0.717, 1.165) is 83.5 Å². The average Bonchev–Trinajstić information content (AvgIpc) is 0.830. The normalized spacial score (nSPS) is 11.3. The second-order valence-corrected chi connectivity index (χ2v) is 29.8. The zero-order valence-electron chi connectivity index (χ0n) is 66.0. The maximum Gasteiger partial charge on any atom is 0.274 e. The number of hydroxylamine groups is 1. The number of carbonyl (C=O) groups is 5. The highest BCUT2D eigenvalue weighted by Crippen LogP contribution is 2.33. The second kappa shape index (κ2) is 48.1. The van der Waals surface area contributed by atoms with Crippen molar-refractivity contribution >= 4 is 87.5 Å². The molecule has 0 radical (unpaired) electrons. The number of carbonyl (C=O) groups excluding carboxylic acids is 5. The Hall–Kier alpha value is -9.36. The van der Waals surface area contributed by atoms with Gasteiger partial charge in [0.1, 0.15) is 0 Å². The number of amides is 5. The average molecular weight is 1650 g/mol. The van der Waals surface area contributed by atoms with Gasteiger partial charge in [-0.1, -0.05) is 163 Å². The van der Waals surface area contributed by atoms with Crippen molar-refractivity contribution < 1.29 is 67.8 Å². The third kappa shape index (κ3) is 30.4. The Labute approximate surface area is 693 Å². The fourth-order valence-corrected chi connectivity index (χ4v) is 11.9. The van der Waals surface area contributed by atoms with E-state index in [-0.39, 0.29) is 54.3 Å². The Morgan fingerprint density at radius 3 is 0.842 bits per heavy atom. The topological polar surface area (TPSA) is 262 Å². The lowest BCUT2D eigenvalue weighted by Crippen LogP contribution is -2.40. The molecule has 0 saturated heterocycles. The van der Waals surface area contributed by atoms with Gasteiger partial charge in [0.2, 0.25) is 0 Å². The van der Waals surface area contributed by atoms with Gasteiger partial charge in [-0.3, -0.25) is 28.8 Å². The number of hydrogen-bond acceptors (Lipinski definition) is 14. The molecule has 24 heteroatoms. The number of benzene rings is 10. The molecule has 114 heavy (non-hydrogen) atoms. The molecule has 0 aromatic heterocycles. The van der Waals surface area contributed by atoms with Crippen LogP contribution in [0.1, 0.15) is 121 Å². The summed E-state index contributed by atoms with van der Waals surface area (Å²) in [5.74, 6) is -0.548. The lowest BCUT2D eigenvalue weighted by molar-refractivity contribution is 0.0537. The SMILES string of the molecule is COCc1cc(C(=O)NC(C)(C)C)ccc1-c1ccc(Cl)cc1.COCc1cc(C(=O)NC(C)CO)ccc1-c1ccc(Cl)cc1.COCc1cc(C(=O)NCC(C)C)ccc1-c1ccc(Cl)cc1.COCc1cc(C(=O)NCC(O)CO)ccc1-c1ccc(Cl)cc1.COCc1cc(C(=O)NOC)ccc1-c1ccc(Cl)cc1. The molecule has 10 aromatic rings. The molecule has 2 atom stereocenters. The van der Waals surface area contributed by atoms with Crippen molar-refractivity contribution in [2.45, 2.75) is 92.3 Å². The molecular formula is C90H100Cl5N5O14. The standard InChI is InChI=1S/2C19H22ClNO2.C18H20ClNO4.C18H20ClNO3.C16H16ClNO3/c1-19(2,3)21-18(22)14-7-10-17(15(11-14)12-23-4)13-5-8-16(20)9-6-13;1-13(2)11-21-19(22)15-6-9-18(16(10-15)12-23-3)14-4-7-17(20)8-5-14;1-24-11-14-8-13(18(23)20-9-16(22)10-21)4-7-17(14)12-2-5-15(19)6-3-12;1-12(10-21)20-18(22)14-5-8-17(15(9-14)11-23-2)13-3-6-16(19)7-4-13;1-20-10-13-9-12(16(19)18-21-2)5-8-15(13)11-3-6-14(17)7-4-11/h5-11H,12H2,1-4H3,(H,21,22);4-10,13H,11-12H2,1-3H3,(H,21,22);2-8,16,21-22H,9-11H2,1H3,(H,20,23);3-9,12,21H,10-11H2,1-2H3,(H,20,22);3-9H,10H2,1-2H3,(H,18,19). The minimum absolute atomic E-state index is 0.00607. The van der Waals surface area contributed by atoms with Gasteiger partial charge in [-0.2, -0.15) is 0 Å². The molecule has 0 fully saturated rings.